The molecule has 0 saturated carbocycles. The van der Waals surface area contributed by atoms with E-state index in [1.165, 1.54) is 0 Å². The molecule has 2 heterocycles. The lowest BCUT2D eigenvalue weighted by atomic mass is 10.0. The summed E-state index contributed by atoms with van der Waals surface area (Å²) in [5.41, 5.74) is 1.53. The van der Waals surface area contributed by atoms with Crippen molar-refractivity contribution in [2.75, 3.05) is 17.2 Å². The Balaban J connectivity index is 1.76. The van der Waals surface area contributed by atoms with E-state index in [4.69, 9.17) is 6.57 Å². The average Bonchev–Trinajstić information content (AvgIpc) is 3.32. The Morgan fingerprint density at radius 3 is 2.50 bits per heavy atom. The van der Waals surface area contributed by atoms with Gasteiger partial charge in [-0.2, -0.15) is 9.97 Å². The Kier molecular flexibility index (Phi) is 7.81. The molecule has 0 aliphatic rings. The third-order valence-corrected chi connectivity index (χ3v) is 4.79. The molecule has 0 bridgehead atoms. The second-order valence-corrected chi connectivity index (χ2v) is 7.88. The Morgan fingerprint density at radius 1 is 1.16 bits per heavy atom. The van der Waals surface area contributed by atoms with Crippen LogP contribution in [0.4, 0.5) is 17.5 Å². The number of carbonyl (C=O) groups excluding carboxylic acids is 1. The van der Waals surface area contributed by atoms with Crippen molar-refractivity contribution in [1.82, 2.24) is 19.9 Å². The topological polar surface area (TPSA) is 88.2 Å². The number of nitrogens with one attached hydrogen (secondary N) is 3. The second kappa shape index (κ2) is 11.0. The number of hydrogen-bond acceptors (Lipinski definition) is 5. The fourth-order valence-corrected chi connectivity index (χ4v) is 3.25. The minimum absolute atomic E-state index is 0.0981. The highest BCUT2D eigenvalue weighted by molar-refractivity contribution is 5.84. The normalized spacial score (nSPS) is 11.6. The zero-order valence-electron chi connectivity index (χ0n) is 18.7. The van der Waals surface area contributed by atoms with Gasteiger partial charge in [-0.25, -0.2) is 4.85 Å². The maximum Gasteiger partial charge on any atom is 0.242 e. The molecular formula is C24H29N7O. The van der Waals surface area contributed by atoms with Gasteiger partial charge in [0.25, 0.3) is 0 Å². The molecule has 0 aliphatic carbocycles. The molecule has 1 atom stereocenters. The quantitative estimate of drug-likeness (QED) is 0.414. The van der Waals surface area contributed by atoms with E-state index in [-0.39, 0.29) is 5.91 Å². The molecule has 3 rings (SSSR count). The maximum atomic E-state index is 13.0. The summed E-state index contributed by atoms with van der Waals surface area (Å²) >= 11 is 0. The molecule has 0 saturated heterocycles. The summed E-state index contributed by atoms with van der Waals surface area (Å²) in [7, 11) is 0. The first-order valence-electron chi connectivity index (χ1n) is 10.8. The van der Waals surface area contributed by atoms with Crippen molar-refractivity contribution < 1.29 is 4.79 Å². The lowest BCUT2D eigenvalue weighted by Crippen LogP contribution is -2.40. The summed E-state index contributed by atoms with van der Waals surface area (Å²) < 4.78 is 1.90. The molecule has 0 fully saturated rings. The Labute approximate surface area is 188 Å². The van der Waals surface area contributed by atoms with E-state index in [2.05, 4.69) is 44.6 Å². The van der Waals surface area contributed by atoms with Gasteiger partial charge in [0.1, 0.15) is 17.7 Å². The molecular weight excluding hydrogens is 402 g/mol. The molecule has 1 aromatic carbocycles. The smallest absolute Gasteiger partial charge is 0.242 e. The van der Waals surface area contributed by atoms with Gasteiger partial charge in [-0.3, -0.25) is 4.79 Å². The molecule has 3 N–H and O–H groups in total. The third-order valence-electron chi connectivity index (χ3n) is 4.79. The van der Waals surface area contributed by atoms with Crippen LogP contribution < -0.4 is 16.0 Å². The number of nitrogens with zero attached hydrogens (tertiary/aromatic N) is 4. The van der Waals surface area contributed by atoms with Gasteiger partial charge in [-0.15, -0.1) is 0 Å². The van der Waals surface area contributed by atoms with Crippen molar-refractivity contribution in [1.29, 1.82) is 0 Å². The van der Waals surface area contributed by atoms with Gasteiger partial charge in [0.15, 0.2) is 5.69 Å². The van der Waals surface area contributed by atoms with Crippen LogP contribution in [0.1, 0.15) is 32.8 Å². The van der Waals surface area contributed by atoms with Crippen molar-refractivity contribution >= 4 is 23.4 Å². The largest absolute Gasteiger partial charge is 0.358 e. The molecule has 166 valence electrons. The molecule has 3 aromatic rings. The summed E-state index contributed by atoms with van der Waals surface area (Å²) in [5.74, 6) is 2.02. The molecule has 0 radical (unpaired) electrons. The zero-order chi connectivity index (χ0) is 22.9. The van der Waals surface area contributed by atoms with E-state index < -0.39 is 6.04 Å². The van der Waals surface area contributed by atoms with Crippen LogP contribution in [0.25, 0.3) is 10.7 Å². The van der Waals surface area contributed by atoms with Gasteiger partial charge in [0, 0.05) is 31.5 Å². The first kappa shape index (κ1) is 22.8. The van der Waals surface area contributed by atoms with Crippen LogP contribution in [0.15, 0.2) is 54.9 Å². The SMILES string of the molecule is [C-]#[N+]c1ccc(CNC(=O)[C@@H](CC(C)C)Nc2cc(-n3cccc3)nc(NCC)n2)cc1. The zero-order valence-corrected chi connectivity index (χ0v) is 18.7. The molecule has 32 heavy (non-hydrogen) atoms. The summed E-state index contributed by atoms with van der Waals surface area (Å²) in [6, 6.07) is 12.5. The van der Waals surface area contributed by atoms with E-state index in [0.29, 0.717) is 48.7 Å². The Morgan fingerprint density at radius 2 is 1.88 bits per heavy atom. The van der Waals surface area contributed by atoms with Gasteiger partial charge in [0.2, 0.25) is 11.9 Å². The number of hydrogen-bond donors (Lipinski definition) is 3. The lowest BCUT2D eigenvalue weighted by Gasteiger charge is -2.21. The minimum Gasteiger partial charge on any atom is -0.358 e. The molecule has 0 spiro atoms. The van der Waals surface area contributed by atoms with Crippen LogP contribution in [0.3, 0.4) is 0 Å². The highest BCUT2D eigenvalue weighted by Crippen LogP contribution is 2.18. The average molecular weight is 432 g/mol. The fraction of sp³-hybridized carbons (Fsp3) is 0.333. The minimum atomic E-state index is -0.445. The second-order valence-electron chi connectivity index (χ2n) is 7.88. The van der Waals surface area contributed by atoms with Crippen LogP contribution >= 0.6 is 0 Å². The molecule has 8 nitrogen and oxygen atoms in total. The van der Waals surface area contributed by atoms with Crippen LogP contribution in [-0.4, -0.2) is 33.0 Å². The van der Waals surface area contributed by atoms with Gasteiger partial charge in [-0.1, -0.05) is 38.1 Å². The van der Waals surface area contributed by atoms with Crippen LogP contribution in [0, 0.1) is 12.5 Å². The number of anilines is 2. The summed E-state index contributed by atoms with van der Waals surface area (Å²) in [5, 5.41) is 9.46. The predicted molar refractivity (Wildman–Crippen MR) is 127 cm³/mol. The number of aromatic nitrogens is 3. The van der Waals surface area contributed by atoms with E-state index in [0.717, 1.165) is 5.56 Å². The monoisotopic (exact) mass is 431 g/mol. The Hall–Kier alpha value is -3.86. The van der Waals surface area contributed by atoms with E-state index >= 15 is 0 Å². The van der Waals surface area contributed by atoms with Crippen molar-refractivity contribution in [3.8, 4) is 5.82 Å². The number of carbonyl (C=O) groups is 1. The first-order valence-corrected chi connectivity index (χ1v) is 10.8. The standard InChI is InChI=1S/C24H29N7O/c1-5-26-24-29-21(15-22(30-24)31-12-6-7-13-31)28-20(14-17(2)3)23(32)27-16-18-8-10-19(25-4)11-9-18/h6-13,15,17,20H,5,14,16H2,1-3H3,(H,27,32)(H2,26,28,29,30)/t20-/m1/s1. The van der Waals surface area contributed by atoms with Crippen LogP contribution in [0.2, 0.25) is 0 Å². The summed E-state index contributed by atoms with van der Waals surface area (Å²) in [6.07, 6.45) is 4.49. The van der Waals surface area contributed by atoms with Crippen molar-refractivity contribution in [2.24, 2.45) is 5.92 Å². The van der Waals surface area contributed by atoms with E-state index in [1.807, 2.05) is 54.2 Å². The summed E-state index contributed by atoms with van der Waals surface area (Å²) in [4.78, 5) is 25.5. The predicted octanol–water partition coefficient (Wildman–Crippen LogP) is 4.39. The maximum absolute atomic E-state index is 13.0. The number of amides is 1. The number of rotatable bonds is 10. The molecule has 2 aromatic heterocycles. The van der Waals surface area contributed by atoms with Crippen LogP contribution in [0.5, 0.6) is 0 Å². The van der Waals surface area contributed by atoms with Gasteiger partial charge < -0.3 is 20.5 Å². The van der Waals surface area contributed by atoms with E-state index in [9.17, 15) is 4.79 Å². The Bertz CT molecular complexity index is 1050. The van der Waals surface area contributed by atoms with E-state index in [1.54, 1.807) is 12.1 Å². The third kappa shape index (κ3) is 6.32. The molecule has 8 heteroatoms. The number of benzene rings is 1. The van der Waals surface area contributed by atoms with Crippen molar-refractivity contribution in [3.05, 3.63) is 71.8 Å². The van der Waals surface area contributed by atoms with Gasteiger partial charge >= 0.3 is 0 Å². The first-order chi connectivity index (χ1) is 15.5. The van der Waals surface area contributed by atoms with Crippen molar-refractivity contribution in [2.45, 2.75) is 39.8 Å². The summed E-state index contributed by atoms with van der Waals surface area (Å²) in [6.45, 7) is 14.3. The van der Waals surface area contributed by atoms with Gasteiger partial charge in [-0.05, 0) is 37.0 Å². The highest BCUT2D eigenvalue weighted by Gasteiger charge is 2.21. The van der Waals surface area contributed by atoms with Crippen molar-refractivity contribution in [3.63, 3.8) is 0 Å². The molecule has 0 unspecified atom stereocenters. The fourth-order valence-electron chi connectivity index (χ4n) is 3.25. The lowest BCUT2D eigenvalue weighted by molar-refractivity contribution is -0.122. The molecule has 0 aliphatic heterocycles. The highest BCUT2D eigenvalue weighted by atomic mass is 16.2. The van der Waals surface area contributed by atoms with Gasteiger partial charge in [0.05, 0.1) is 6.57 Å². The molecule has 1 amide bonds. The van der Waals surface area contributed by atoms with Crippen LogP contribution in [-0.2, 0) is 11.3 Å².